The molecule has 0 aliphatic carbocycles. The van der Waals surface area contributed by atoms with Crippen LogP contribution in [0.25, 0.3) is 0 Å². The Morgan fingerprint density at radius 3 is 2.70 bits per heavy atom. The number of hydrogen-bond donors (Lipinski definition) is 3. The Morgan fingerprint density at radius 2 is 2.15 bits per heavy atom. The number of aliphatic carboxylic acids is 1. The molecule has 0 bridgehead atoms. The van der Waals surface area contributed by atoms with E-state index in [9.17, 15) is 14.7 Å². The molecule has 110 valence electrons. The summed E-state index contributed by atoms with van der Waals surface area (Å²) in [6.07, 6.45) is 0.779. The first kappa shape index (κ1) is 14.7. The van der Waals surface area contributed by atoms with Gasteiger partial charge in [0.15, 0.2) is 0 Å². The van der Waals surface area contributed by atoms with Crippen molar-refractivity contribution >= 4 is 28.7 Å². The fourth-order valence-electron chi connectivity index (χ4n) is 1.97. The number of carbonyl (C=O) groups is 2. The van der Waals surface area contributed by atoms with Gasteiger partial charge in [-0.25, -0.2) is 9.78 Å². The second kappa shape index (κ2) is 6.14. The van der Waals surface area contributed by atoms with Crippen molar-refractivity contribution in [2.45, 2.75) is 19.8 Å². The summed E-state index contributed by atoms with van der Waals surface area (Å²) in [7, 11) is 0. The van der Waals surface area contributed by atoms with Crippen LogP contribution in [0.4, 0.5) is 9.93 Å². The number of carbonyl (C=O) groups excluding carboxylic acids is 1. The van der Waals surface area contributed by atoms with Gasteiger partial charge in [0.25, 0.3) is 0 Å². The van der Waals surface area contributed by atoms with Gasteiger partial charge < -0.3 is 15.2 Å². The second-order valence-corrected chi connectivity index (χ2v) is 5.40. The topological polar surface area (TPSA) is 113 Å². The Labute approximate surface area is 119 Å². The number of hydrogen-bond acceptors (Lipinski definition) is 6. The molecular formula is C11H16N4O4S. The first-order chi connectivity index (χ1) is 9.52. The number of nitrogens with one attached hydrogen (secondary N) is 2. The van der Waals surface area contributed by atoms with Gasteiger partial charge in [-0.1, -0.05) is 0 Å². The van der Waals surface area contributed by atoms with Crippen molar-refractivity contribution in [3.63, 3.8) is 0 Å². The summed E-state index contributed by atoms with van der Waals surface area (Å²) >= 11 is 1.08. The molecule has 1 aromatic heterocycles. The summed E-state index contributed by atoms with van der Waals surface area (Å²) in [5.41, 5.74) is -0.952. The molecule has 3 N–H and O–H groups in total. The molecule has 2 amide bonds. The van der Waals surface area contributed by atoms with Crippen molar-refractivity contribution in [3.05, 3.63) is 5.82 Å². The number of ether oxygens (including phenoxy) is 1. The summed E-state index contributed by atoms with van der Waals surface area (Å²) in [6.45, 7) is 2.58. The third-order valence-corrected chi connectivity index (χ3v) is 3.96. The van der Waals surface area contributed by atoms with Crippen LogP contribution >= 0.6 is 11.5 Å². The molecule has 1 fully saturated rings. The van der Waals surface area contributed by atoms with E-state index in [2.05, 4.69) is 20.0 Å². The monoisotopic (exact) mass is 300 g/mol. The number of urea groups is 1. The van der Waals surface area contributed by atoms with Crippen LogP contribution in [0.5, 0.6) is 0 Å². The number of aromatic nitrogens is 2. The third-order valence-electron chi connectivity index (χ3n) is 3.24. The van der Waals surface area contributed by atoms with Crippen molar-refractivity contribution in [3.8, 4) is 0 Å². The average molecular weight is 300 g/mol. The first-order valence-corrected chi connectivity index (χ1v) is 6.95. The van der Waals surface area contributed by atoms with Crippen LogP contribution in [-0.2, 0) is 9.53 Å². The number of carboxylic acids is 1. The molecule has 0 saturated carbocycles. The van der Waals surface area contributed by atoms with Crippen molar-refractivity contribution < 1.29 is 19.4 Å². The largest absolute Gasteiger partial charge is 0.481 e. The number of aryl methyl sites for hydroxylation is 1. The molecule has 9 heteroatoms. The van der Waals surface area contributed by atoms with Gasteiger partial charge in [-0.15, -0.1) is 0 Å². The van der Waals surface area contributed by atoms with Gasteiger partial charge in [0.05, 0.1) is 5.41 Å². The highest BCUT2D eigenvalue weighted by atomic mass is 32.1. The van der Waals surface area contributed by atoms with Crippen LogP contribution in [0.3, 0.4) is 0 Å². The van der Waals surface area contributed by atoms with Crippen molar-refractivity contribution in [1.82, 2.24) is 14.7 Å². The predicted octanol–water partition coefficient (Wildman–Crippen LogP) is 0.849. The van der Waals surface area contributed by atoms with Crippen LogP contribution in [0.1, 0.15) is 18.7 Å². The lowest BCUT2D eigenvalue weighted by atomic mass is 9.80. The lowest BCUT2D eigenvalue weighted by Gasteiger charge is -2.32. The zero-order chi connectivity index (χ0) is 14.6. The summed E-state index contributed by atoms with van der Waals surface area (Å²) in [4.78, 5) is 27.1. The van der Waals surface area contributed by atoms with E-state index in [0.717, 1.165) is 11.5 Å². The molecule has 0 unspecified atom stereocenters. The standard InChI is InChI=1S/C11H16N4O4S/c1-7-13-10(20-15-7)14-9(18)12-6-11(8(16)17)2-4-19-5-3-11/h2-6H2,1H3,(H,16,17)(H2,12,13,14,15,18). The van der Waals surface area contributed by atoms with Gasteiger partial charge in [-0.05, 0) is 19.8 Å². The molecule has 2 heterocycles. The fraction of sp³-hybridized carbons (Fsp3) is 0.636. The van der Waals surface area contributed by atoms with Gasteiger partial charge in [-0.3, -0.25) is 10.1 Å². The van der Waals surface area contributed by atoms with Crippen LogP contribution < -0.4 is 10.6 Å². The molecule has 0 aromatic carbocycles. The van der Waals surface area contributed by atoms with Crippen molar-refractivity contribution in [1.29, 1.82) is 0 Å². The molecule has 20 heavy (non-hydrogen) atoms. The zero-order valence-electron chi connectivity index (χ0n) is 11.0. The minimum atomic E-state index is -0.952. The SMILES string of the molecule is Cc1nsc(NC(=O)NCC2(C(=O)O)CCOCC2)n1. The van der Waals surface area contributed by atoms with Gasteiger partial charge in [0.2, 0.25) is 5.13 Å². The Morgan fingerprint density at radius 1 is 1.45 bits per heavy atom. The summed E-state index contributed by atoms with van der Waals surface area (Å²) in [5.74, 6) is -0.329. The molecule has 1 aliphatic heterocycles. The van der Waals surface area contributed by atoms with Crippen LogP contribution in [0.15, 0.2) is 0 Å². The molecule has 0 spiro atoms. The molecule has 8 nitrogen and oxygen atoms in total. The molecule has 1 aromatic rings. The summed E-state index contributed by atoms with van der Waals surface area (Å²) in [6, 6.07) is -0.478. The highest BCUT2D eigenvalue weighted by Gasteiger charge is 2.40. The maximum absolute atomic E-state index is 11.7. The highest BCUT2D eigenvalue weighted by Crippen LogP contribution is 2.30. The van der Waals surface area contributed by atoms with E-state index in [1.807, 2.05) is 0 Å². The number of rotatable bonds is 4. The molecule has 0 radical (unpaired) electrons. The Kier molecular flexibility index (Phi) is 4.50. The van der Waals surface area contributed by atoms with Gasteiger partial charge >= 0.3 is 12.0 Å². The number of amides is 2. The quantitative estimate of drug-likeness (QED) is 0.759. The lowest BCUT2D eigenvalue weighted by molar-refractivity contribution is -0.154. The zero-order valence-corrected chi connectivity index (χ0v) is 11.8. The predicted molar refractivity (Wildman–Crippen MR) is 71.8 cm³/mol. The lowest BCUT2D eigenvalue weighted by Crippen LogP contribution is -2.47. The van der Waals surface area contributed by atoms with Crippen molar-refractivity contribution in [2.75, 3.05) is 25.1 Å². The Balaban J connectivity index is 1.89. The number of carboxylic acid groups (broad SMARTS) is 1. The molecular weight excluding hydrogens is 284 g/mol. The van der Waals surface area contributed by atoms with E-state index in [-0.39, 0.29) is 6.54 Å². The molecule has 0 atom stereocenters. The maximum atomic E-state index is 11.7. The Bertz CT molecular complexity index is 498. The average Bonchev–Trinajstić information content (AvgIpc) is 2.83. The normalized spacial score (nSPS) is 17.4. The summed E-state index contributed by atoms with van der Waals surface area (Å²) in [5, 5.41) is 14.8. The maximum Gasteiger partial charge on any atom is 0.321 e. The van der Waals surface area contributed by atoms with Crippen LogP contribution in [0.2, 0.25) is 0 Å². The van der Waals surface area contributed by atoms with E-state index in [1.165, 1.54) is 0 Å². The van der Waals surface area contributed by atoms with Gasteiger partial charge in [0, 0.05) is 31.3 Å². The first-order valence-electron chi connectivity index (χ1n) is 6.18. The number of nitrogens with zero attached hydrogens (tertiary/aromatic N) is 2. The van der Waals surface area contributed by atoms with Crippen molar-refractivity contribution in [2.24, 2.45) is 5.41 Å². The van der Waals surface area contributed by atoms with Crippen LogP contribution in [-0.4, -0.2) is 46.2 Å². The highest BCUT2D eigenvalue weighted by molar-refractivity contribution is 7.09. The number of anilines is 1. The Hall–Kier alpha value is -1.74. The fourth-order valence-corrected chi connectivity index (χ4v) is 2.54. The molecule has 1 aliphatic rings. The van der Waals surface area contributed by atoms with Gasteiger partial charge in [0.1, 0.15) is 5.82 Å². The van der Waals surface area contributed by atoms with E-state index in [4.69, 9.17) is 4.74 Å². The smallest absolute Gasteiger partial charge is 0.321 e. The van der Waals surface area contributed by atoms with E-state index < -0.39 is 17.4 Å². The third kappa shape index (κ3) is 3.42. The van der Waals surface area contributed by atoms with Crippen LogP contribution in [0, 0.1) is 12.3 Å². The summed E-state index contributed by atoms with van der Waals surface area (Å²) < 4.78 is 9.11. The minimum Gasteiger partial charge on any atom is -0.481 e. The molecule has 1 saturated heterocycles. The molecule has 2 rings (SSSR count). The van der Waals surface area contributed by atoms with E-state index >= 15 is 0 Å². The van der Waals surface area contributed by atoms with E-state index in [0.29, 0.717) is 37.0 Å². The second-order valence-electron chi connectivity index (χ2n) is 4.65. The van der Waals surface area contributed by atoms with Gasteiger partial charge in [-0.2, -0.15) is 4.37 Å². The minimum absolute atomic E-state index is 0.0648. The van der Waals surface area contributed by atoms with E-state index in [1.54, 1.807) is 6.92 Å².